The Kier molecular flexibility index (Phi) is 3.50. The van der Waals surface area contributed by atoms with Crippen molar-refractivity contribution < 1.29 is 15.1 Å². The zero-order valence-corrected chi connectivity index (χ0v) is 10.9. The molecular weight excluding hydrogens is 339 g/mol. The predicted molar refractivity (Wildman–Crippen MR) is 70.0 cm³/mol. The van der Waals surface area contributed by atoms with E-state index in [-0.39, 0.29) is 5.69 Å². The lowest BCUT2D eigenvalue weighted by molar-refractivity contribution is -0.384. The summed E-state index contributed by atoms with van der Waals surface area (Å²) < 4.78 is 0.734. The van der Waals surface area contributed by atoms with Gasteiger partial charge in [-0.2, -0.15) is 0 Å². The molecule has 2 N–H and O–H groups in total. The van der Waals surface area contributed by atoms with Crippen LogP contribution < -0.4 is 4.90 Å². The number of halogens is 1. The van der Waals surface area contributed by atoms with E-state index >= 15 is 0 Å². The number of hydrogen-bond donors (Lipinski definition) is 2. The van der Waals surface area contributed by atoms with Gasteiger partial charge in [0.25, 0.3) is 5.69 Å². The maximum Gasteiger partial charge on any atom is 0.270 e. The summed E-state index contributed by atoms with van der Waals surface area (Å²) in [5.74, 6) is 0. The lowest BCUT2D eigenvalue weighted by Crippen LogP contribution is -2.22. The molecule has 92 valence electrons. The Morgan fingerprint density at radius 3 is 2.41 bits per heavy atom. The van der Waals surface area contributed by atoms with Gasteiger partial charge in [0.2, 0.25) is 0 Å². The summed E-state index contributed by atoms with van der Waals surface area (Å²) in [5, 5.41) is 29.5. The Hall–Kier alpha value is -0.930. The van der Waals surface area contributed by atoms with E-state index in [0.29, 0.717) is 13.1 Å². The number of non-ortho nitro benzene ring substituents is 1. The molecule has 0 aliphatic carbocycles. The van der Waals surface area contributed by atoms with Gasteiger partial charge >= 0.3 is 0 Å². The lowest BCUT2D eigenvalue weighted by atomic mass is 10.2. The van der Waals surface area contributed by atoms with Crippen LogP contribution in [-0.4, -0.2) is 40.4 Å². The molecule has 6 nitrogen and oxygen atoms in total. The van der Waals surface area contributed by atoms with Gasteiger partial charge in [-0.05, 0) is 28.7 Å². The Balaban J connectivity index is 2.26. The minimum Gasteiger partial charge on any atom is -0.389 e. The van der Waals surface area contributed by atoms with Gasteiger partial charge in [0, 0.05) is 28.8 Å². The number of aliphatic hydroxyl groups excluding tert-OH is 2. The van der Waals surface area contributed by atoms with Gasteiger partial charge in [-0.25, -0.2) is 0 Å². The normalized spacial score (nSPS) is 24.1. The summed E-state index contributed by atoms with van der Waals surface area (Å²) in [7, 11) is 0. The molecule has 0 spiro atoms. The molecule has 0 aromatic heterocycles. The SMILES string of the molecule is O=[N+]([O-])c1ccc(N2CC(O)C(O)C2)c(I)c1. The van der Waals surface area contributed by atoms with Crippen LogP contribution in [0.25, 0.3) is 0 Å². The first-order valence-corrected chi connectivity index (χ1v) is 6.12. The van der Waals surface area contributed by atoms with E-state index < -0.39 is 17.1 Å². The molecule has 17 heavy (non-hydrogen) atoms. The molecule has 7 heteroatoms. The highest BCUT2D eigenvalue weighted by atomic mass is 127. The monoisotopic (exact) mass is 350 g/mol. The van der Waals surface area contributed by atoms with Crippen molar-refractivity contribution >= 4 is 34.0 Å². The fourth-order valence-electron chi connectivity index (χ4n) is 1.83. The fraction of sp³-hybridized carbons (Fsp3) is 0.400. The topological polar surface area (TPSA) is 86.8 Å². The fourth-order valence-corrected chi connectivity index (χ4v) is 2.67. The predicted octanol–water partition coefficient (Wildman–Crippen LogP) is 0.741. The minimum atomic E-state index is -0.763. The standard InChI is InChI=1S/C10H11IN2O4/c11-7-3-6(13(16)17)1-2-8(7)12-4-9(14)10(15)5-12/h1-3,9-10,14-15H,4-5H2. The molecule has 0 bridgehead atoms. The molecule has 1 aliphatic heterocycles. The number of aliphatic hydroxyl groups is 2. The second-order valence-corrected chi connectivity index (χ2v) is 5.09. The van der Waals surface area contributed by atoms with Crippen molar-refractivity contribution in [2.45, 2.75) is 12.2 Å². The van der Waals surface area contributed by atoms with Crippen molar-refractivity contribution in [1.29, 1.82) is 0 Å². The van der Waals surface area contributed by atoms with Crippen LogP contribution in [0.3, 0.4) is 0 Å². The molecule has 2 rings (SSSR count). The molecular formula is C10H11IN2O4. The number of nitrogens with zero attached hydrogens (tertiary/aromatic N) is 2. The largest absolute Gasteiger partial charge is 0.389 e. The van der Waals surface area contributed by atoms with Gasteiger partial charge in [0.1, 0.15) is 0 Å². The van der Waals surface area contributed by atoms with Gasteiger partial charge in [-0.15, -0.1) is 0 Å². The first kappa shape index (κ1) is 12.5. The van der Waals surface area contributed by atoms with E-state index in [2.05, 4.69) is 0 Å². The molecule has 0 saturated carbocycles. The van der Waals surface area contributed by atoms with Gasteiger partial charge in [0.05, 0.1) is 22.8 Å². The molecule has 1 aromatic carbocycles. The van der Waals surface area contributed by atoms with E-state index in [9.17, 15) is 20.3 Å². The first-order chi connectivity index (χ1) is 7.99. The number of rotatable bonds is 2. The number of nitro groups is 1. The lowest BCUT2D eigenvalue weighted by Gasteiger charge is -2.18. The van der Waals surface area contributed by atoms with E-state index in [4.69, 9.17) is 0 Å². The average Bonchev–Trinajstić information content (AvgIpc) is 2.58. The zero-order chi connectivity index (χ0) is 12.6. The Morgan fingerprint density at radius 1 is 1.35 bits per heavy atom. The molecule has 0 radical (unpaired) electrons. The summed E-state index contributed by atoms with van der Waals surface area (Å²) in [4.78, 5) is 12.0. The van der Waals surface area contributed by atoms with Gasteiger partial charge in [-0.3, -0.25) is 10.1 Å². The summed E-state index contributed by atoms with van der Waals surface area (Å²) in [6.07, 6.45) is -1.53. The van der Waals surface area contributed by atoms with Crippen LogP contribution in [0.2, 0.25) is 0 Å². The summed E-state index contributed by atoms with van der Waals surface area (Å²) in [5.41, 5.74) is 0.838. The molecule has 2 atom stereocenters. The Bertz CT molecular complexity index is 444. The molecule has 2 unspecified atom stereocenters. The molecule has 1 aromatic rings. The van der Waals surface area contributed by atoms with Crippen LogP contribution in [0.4, 0.5) is 11.4 Å². The van der Waals surface area contributed by atoms with Crippen LogP contribution in [-0.2, 0) is 0 Å². The smallest absolute Gasteiger partial charge is 0.270 e. The van der Waals surface area contributed by atoms with Gasteiger partial charge < -0.3 is 15.1 Å². The third-order valence-corrected chi connectivity index (χ3v) is 3.61. The van der Waals surface area contributed by atoms with Crippen LogP contribution in [0, 0.1) is 13.7 Å². The third-order valence-electron chi connectivity index (χ3n) is 2.74. The highest BCUT2D eigenvalue weighted by Gasteiger charge is 2.30. The van der Waals surface area contributed by atoms with Crippen molar-refractivity contribution in [3.8, 4) is 0 Å². The summed E-state index contributed by atoms with van der Waals surface area (Å²) in [6.45, 7) is 0.684. The van der Waals surface area contributed by atoms with Crippen LogP contribution in [0.5, 0.6) is 0 Å². The van der Waals surface area contributed by atoms with Crippen molar-refractivity contribution in [2.24, 2.45) is 0 Å². The van der Waals surface area contributed by atoms with Crippen molar-refractivity contribution in [1.82, 2.24) is 0 Å². The summed E-state index contributed by atoms with van der Waals surface area (Å²) in [6, 6.07) is 4.55. The first-order valence-electron chi connectivity index (χ1n) is 5.04. The van der Waals surface area contributed by atoms with Gasteiger partial charge in [-0.1, -0.05) is 0 Å². The number of nitro benzene ring substituents is 1. The van der Waals surface area contributed by atoms with Crippen LogP contribution in [0.15, 0.2) is 18.2 Å². The van der Waals surface area contributed by atoms with Crippen LogP contribution in [0.1, 0.15) is 0 Å². The number of hydrogen-bond acceptors (Lipinski definition) is 5. The summed E-state index contributed by atoms with van der Waals surface area (Å²) >= 11 is 2.01. The Labute approximate surface area is 111 Å². The van der Waals surface area contributed by atoms with Gasteiger partial charge in [0.15, 0.2) is 0 Å². The van der Waals surface area contributed by atoms with E-state index in [0.717, 1.165) is 9.26 Å². The van der Waals surface area contributed by atoms with E-state index in [1.165, 1.54) is 12.1 Å². The minimum absolute atomic E-state index is 0.0402. The number of β-amino-alcohol motifs (C(OH)–C–C–N with tert-alkyl or cyclic N) is 2. The zero-order valence-electron chi connectivity index (χ0n) is 8.78. The van der Waals surface area contributed by atoms with E-state index in [1.54, 1.807) is 6.07 Å². The third kappa shape index (κ3) is 2.50. The number of anilines is 1. The highest BCUT2D eigenvalue weighted by Crippen LogP contribution is 2.29. The second kappa shape index (κ2) is 4.75. The van der Waals surface area contributed by atoms with Crippen molar-refractivity contribution in [2.75, 3.05) is 18.0 Å². The van der Waals surface area contributed by atoms with Crippen molar-refractivity contribution in [3.63, 3.8) is 0 Å². The maximum atomic E-state index is 10.6. The highest BCUT2D eigenvalue weighted by molar-refractivity contribution is 14.1. The average molecular weight is 350 g/mol. The maximum absolute atomic E-state index is 10.6. The quantitative estimate of drug-likeness (QED) is 0.467. The molecule has 1 saturated heterocycles. The second-order valence-electron chi connectivity index (χ2n) is 3.93. The molecule has 1 aliphatic rings. The number of benzene rings is 1. The Morgan fingerprint density at radius 2 is 1.94 bits per heavy atom. The molecule has 0 amide bonds. The van der Waals surface area contributed by atoms with Crippen LogP contribution >= 0.6 is 22.6 Å². The van der Waals surface area contributed by atoms with E-state index in [1.807, 2.05) is 27.5 Å². The molecule has 1 heterocycles. The van der Waals surface area contributed by atoms with Crippen molar-refractivity contribution in [3.05, 3.63) is 31.9 Å². The molecule has 1 fully saturated rings.